The molecule has 20 heavy (non-hydrogen) atoms. The molecule has 5 nitrogen and oxygen atoms in total. The highest BCUT2D eigenvalue weighted by atomic mass is 32.1. The summed E-state index contributed by atoms with van der Waals surface area (Å²) in [6, 6.07) is 10.5. The van der Waals surface area contributed by atoms with Crippen LogP contribution in [0.4, 0.5) is 0 Å². The number of hydrogen-bond donors (Lipinski definition) is 1. The molecule has 0 bridgehead atoms. The van der Waals surface area contributed by atoms with E-state index in [1.165, 1.54) is 11.3 Å². The van der Waals surface area contributed by atoms with E-state index in [2.05, 4.69) is 4.98 Å². The first kappa shape index (κ1) is 12.4. The van der Waals surface area contributed by atoms with Crippen molar-refractivity contribution in [2.24, 2.45) is 0 Å². The van der Waals surface area contributed by atoms with Crippen LogP contribution in [0.2, 0.25) is 0 Å². The van der Waals surface area contributed by atoms with Crippen LogP contribution in [0, 0.1) is 11.3 Å². The standard InChI is InChI=1S/C14H9N3O2S/c15-7-9-1-3-10(4-2-9)8-17-13(18)11-5-6-20-12(11)16-14(17)19/h1-6H,8H2,(H,16,19). The van der Waals surface area contributed by atoms with Crippen LogP contribution < -0.4 is 11.2 Å². The highest BCUT2D eigenvalue weighted by molar-refractivity contribution is 7.16. The van der Waals surface area contributed by atoms with Crippen LogP contribution in [-0.4, -0.2) is 9.55 Å². The Balaban J connectivity index is 2.08. The molecule has 0 amide bonds. The van der Waals surface area contributed by atoms with Crippen LogP contribution in [-0.2, 0) is 6.54 Å². The Morgan fingerprint density at radius 1 is 1.20 bits per heavy atom. The van der Waals surface area contributed by atoms with Crippen molar-refractivity contribution in [1.82, 2.24) is 9.55 Å². The van der Waals surface area contributed by atoms with Crippen LogP contribution in [0.15, 0.2) is 45.3 Å². The third-order valence-corrected chi connectivity index (χ3v) is 3.86. The molecular weight excluding hydrogens is 274 g/mol. The summed E-state index contributed by atoms with van der Waals surface area (Å²) >= 11 is 1.33. The maximum Gasteiger partial charge on any atom is 0.329 e. The molecule has 2 aromatic heterocycles. The van der Waals surface area contributed by atoms with Crippen molar-refractivity contribution in [1.29, 1.82) is 5.26 Å². The molecule has 0 spiro atoms. The number of H-pyrrole nitrogens is 1. The maximum absolute atomic E-state index is 12.2. The van der Waals surface area contributed by atoms with Crippen molar-refractivity contribution in [3.8, 4) is 6.07 Å². The number of nitrogens with zero attached hydrogens (tertiary/aromatic N) is 2. The van der Waals surface area contributed by atoms with E-state index in [-0.39, 0.29) is 12.1 Å². The number of fused-ring (bicyclic) bond motifs is 1. The molecule has 0 atom stereocenters. The number of rotatable bonds is 2. The first-order valence-electron chi connectivity index (χ1n) is 5.88. The van der Waals surface area contributed by atoms with Crippen LogP contribution in [0.25, 0.3) is 10.2 Å². The van der Waals surface area contributed by atoms with Crippen molar-refractivity contribution >= 4 is 21.6 Å². The molecule has 0 unspecified atom stereocenters. The molecule has 0 saturated heterocycles. The number of aromatic nitrogens is 2. The molecular formula is C14H9N3O2S. The lowest BCUT2D eigenvalue weighted by Crippen LogP contribution is -2.34. The fourth-order valence-electron chi connectivity index (χ4n) is 1.99. The Labute approximate surface area is 117 Å². The zero-order valence-corrected chi connectivity index (χ0v) is 11.1. The second kappa shape index (κ2) is 4.79. The van der Waals surface area contributed by atoms with Gasteiger partial charge in [0.25, 0.3) is 5.56 Å². The Hall–Kier alpha value is -2.65. The van der Waals surface area contributed by atoms with Crippen molar-refractivity contribution < 1.29 is 0 Å². The molecule has 0 aliphatic rings. The molecule has 0 aliphatic heterocycles. The summed E-state index contributed by atoms with van der Waals surface area (Å²) in [5.41, 5.74) is 0.623. The molecule has 1 aromatic carbocycles. The van der Waals surface area contributed by atoms with Gasteiger partial charge in [-0.05, 0) is 29.1 Å². The monoisotopic (exact) mass is 283 g/mol. The van der Waals surface area contributed by atoms with Crippen molar-refractivity contribution in [3.05, 3.63) is 67.7 Å². The Morgan fingerprint density at radius 3 is 2.65 bits per heavy atom. The van der Waals surface area contributed by atoms with Gasteiger partial charge < -0.3 is 0 Å². The van der Waals surface area contributed by atoms with Crippen LogP contribution in [0.3, 0.4) is 0 Å². The minimum absolute atomic E-state index is 0.186. The predicted octanol–water partition coefficient (Wildman–Crippen LogP) is 1.67. The number of benzene rings is 1. The summed E-state index contributed by atoms with van der Waals surface area (Å²) in [7, 11) is 0. The minimum Gasteiger partial charge on any atom is -0.298 e. The number of hydrogen-bond acceptors (Lipinski definition) is 4. The fourth-order valence-corrected chi connectivity index (χ4v) is 2.76. The van der Waals surface area contributed by atoms with E-state index in [9.17, 15) is 9.59 Å². The van der Waals surface area contributed by atoms with E-state index in [0.29, 0.717) is 15.8 Å². The van der Waals surface area contributed by atoms with Crippen LogP contribution in [0.5, 0.6) is 0 Å². The second-order valence-corrected chi connectivity index (χ2v) is 5.21. The van der Waals surface area contributed by atoms with Gasteiger partial charge in [0.05, 0.1) is 23.6 Å². The molecule has 98 valence electrons. The van der Waals surface area contributed by atoms with E-state index in [0.717, 1.165) is 10.1 Å². The summed E-state index contributed by atoms with van der Waals surface area (Å²) in [6.45, 7) is 0.186. The first-order chi connectivity index (χ1) is 9.69. The second-order valence-electron chi connectivity index (χ2n) is 4.29. The average molecular weight is 283 g/mol. The Bertz CT molecular complexity index is 926. The zero-order valence-electron chi connectivity index (χ0n) is 10.3. The molecule has 1 N–H and O–H groups in total. The zero-order chi connectivity index (χ0) is 14.1. The van der Waals surface area contributed by atoms with Gasteiger partial charge in [0.1, 0.15) is 4.83 Å². The van der Waals surface area contributed by atoms with Gasteiger partial charge in [-0.1, -0.05) is 12.1 Å². The van der Waals surface area contributed by atoms with Gasteiger partial charge in [-0.15, -0.1) is 11.3 Å². The van der Waals surface area contributed by atoms with Gasteiger partial charge in [-0.3, -0.25) is 14.3 Å². The maximum atomic E-state index is 12.2. The molecule has 0 saturated carbocycles. The van der Waals surface area contributed by atoms with E-state index in [1.54, 1.807) is 35.7 Å². The largest absolute Gasteiger partial charge is 0.329 e. The van der Waals surface area contributed by atoms with E-state index in [4.69, 9.17) is 5.26 Å². The van der Waals surface area contributed by atoms with Gasteiger partial charge in [0.15, 0.2) is 0 Å². The summed E-state index contributed by atoms with van der Waals surface area (Å²) in [5.74, 6) is 0. The number of thiophene rings is 1. The molecule has 6 heteroatoms. The van der Waals surface area contributed by atoms with Crippen molar-refractivity contribution in [2.45, 2.75) is 6.54 Å². The van der Waals surface area contributed by atoms with E-state index in [1.807, 2.05) is 6.07 Å². The number of aromatic amines is 1. The van der Waals surface area contributed by atoms with E-state index >= 15 is 0 Å². The van der Waals surface area contributed by atoms with Gasteiger partial charge in [-0.25, -0.2) is 4.79 Å². The Morgan fingerprint density at radius 2 is 1.95 bits per heavy atom. The van der Waals surface area contributed by atoms with Gasteiger partial charge in [0, 0.05) is 0 Å². The van der Waals surface area contributed by atoms with E-state index < -0.39 is 5.69 Å². The molecule has 0 fully saturated rings. The smallest absolute Gasteiger partial charge is 0.298 e. The third kappa shape index (κ3) is 2.04. The molecule has 0 radical (unpaired) electrons. The summed E-state index contributed by atoms with van der Waals surface area (Å²) in [4.78, 5) is 27.5. The lowest BCUT2D eigenvalue weighted by molar-refractivity contribution is 0.713. The number of nitriles is 1. The summed E-state index contributed by atoms with van der Waals surface area (Å²) in [5, 5.41) is 11.0. The molecule has 0 aliphatic carbocycles. The van der Waals surface area contributed by atoms with Crippen LogP contribution >= 0.6 is 11.3 Å². The SMILES string of the molecule is N#Cc1ccc(Cn2c(=O)[nH]c3sccc3c2=O)cc1. The predicted molar refractivity (Wildman–Crippen MR) is 77.0 cm³/mol. The average Bonchev–Trinajstić information content (AvgIpc) is 2.92. The lowest BCUT2D eigenvalue weighted by Gasteiger charge is -2.05. The Kier molecular flexibility index (Phi) is 2.97. The van der Waals surface area contributed by atoms with Crippen LogP contribution in [0.1, 0.15) is 11.1 Å². The third-order valence-electron chi connectivity index (χ3n) is 3.03. The highest BCUT2D eigenvalue weighted by Crippen LogP contribution is 2.12. The normalized spacial score (nSPS) is 10.6. The summed E-state index contributed by atoms with van der Waals surface area (Å²) in [6.07, 6.45) is 0. The van der Waals surface area contributed by atoms with Gasteiger partial charge >= 0.3 is 5.69 Å². The topological polar surface area (TPSA) is 78.7 Å². The minimum atomic E-state index is -0.422. The quantitative estimate of drug-likeness (QED) is 0.777. The lowest BCUT2D eigenvalue weighted by atomic mass is 10.1. The molecule has 3 aromatic rings. The first-order valence-corrected chi connectivity index (χ1v) is 6.76. The summed E-state index contributed by atoms with van der Waals surface area (Å²) < 4.78 is 1.16. The molecule has 2 heterocycles. The highest BCUT2D eigenvalue weighted by Gasteiger charge is 2.08. The van der Waals surface area contributed by atoms with Gasteiger partial charge in [0.2, 0.25) is 0 Å². The number of nitrogens with one attached hydrogen (secondary N) is 1. The van der Waals surface area contributed by atoms with Gasteiger partial charge in [-0.2, -0.15) is 5.26 Å². The van der Waals surface area contributed by atoms with Crippen molar-refractivity contribution in [3.63, 3.8) is 0 Å². The van der Waals surface area contributed by atoms with Crippen molar-refractivity contribution in [2.75, 3.05) is 0 Å². The fraction of sp³-hybridized carbons (Fsp3) is 0.0714. The molecule has 3 rings (SSSR count).